The third-order valence-corrected chi connectivity index (χ3v) is 10.6. The van der Waals surface area contributed by atoms with E-state index in [0.29, 0.717) is 11.3 Å². The maximum absolute atomic E-state index is 13.0. The third-order valence-electron chi connectivity index (χ3n) is 5.39. The van der Waals surface area contributed by atoms with Gasteiger partial charge in [0.25, 0.3) is 11.8 Å². The maximum atomic E-state index is 13.0. The highest BCUT2D eigenvalue weighted by atomic mass is 32.2. The van der Waals surface area contributed by atoms with Crippen LogP contribution in [-0.4, -0.2) is 84.1 Å². The van der Waals surface area contributed by atoms with Crippen LogP contribution in [0.25, 0.3) is 0 Å². The Hall–Kier alpha value is -2.69. The Morgan fingerprint density at radius 1 is 1.39 bits per heavy atom. The molecule has 0 bridgehead atoms. The van der Waals surface area contributed by atoms with Crippen LogP contribution >= 0.6 is 46.6 Å². The normalized spacial score (nSPS) is 23.0. The minimum absolute atomic E-state index is 0.0283. The molecule has 192 valence electrons. The average Bonchev–Trinajstić information content (AvgIpc) is 3.50. The van der Waals surface area contributed by atoms with Gasteiger partial charge in [-0.2, -0.15) is 0 Å². The summed E-state index contributed by atoms with van der Waals surface area (Å²) in [7, 11) is 0. The molecule has 1 aromatic rings. The van der Waals surface area contributed by atoms with Crippen LogP contribution in [0.3, 0.4) is 0 Å². The number of thioether (sulfide) groups is 3. The zero-order valence-electron chi connectivity index (χ0n) is 18.8. The van der Waals surface area contributed by atoms with E-state index in [2.05, 4.69) is 22.0 Å². The van der Waals surface area contributed by atoms with Gasteiger partial charge in [-0.05, 0) is 12.5 Å². The van der Waals surface area contributed by atoms with Crippen LogP contribution in [0.1, 0.15) is 12.6 Å². The Bertz CT molecular complexity index is 1180. The van der Waals surface area contributed by atoms with Crippen molar-refractivity contribution in [2.75, 3.05) is 29.8 Å². The second-order valence-electron chi connectivity index (χ2n) is 7.58. The Kier molecular flexibility index (Phi) is 7.87. The fraction of sp³-hybridized carbons (Fsp3) is 0.400. The fourth-order valence-corrected chi connectivity index (χ4v) is 8.10. The van der Waals surface area contributed by atoms with Gasteiger partial charge in [-0.3, -0.25) is 14.5 Å². The summed E-state index contributed by atoms with van der Waals surface area (Å²) in [5.74, 6) is -0.773. The standard InChI is InChI=1S/C20H21N5O7S4/c1-3-9-6-33-16-12(23-14(26)11(24-30)10-7-34-19(21)22-10)15(27)25(16)13(9)17(28)31-8-32-18(29)20(2)35-4-5-36-20/h3,7,12,16,30H,1,4-6,8H2,2H3,(H2,21,22)(H,23,26)/t12?,16-/m1/s1. The molecule has 0 aromatic carbocycles. The molecule has 36 heavy (non-hydrogen) atoms. The van der Waals surface area contributed by atoms with Gasteiger partial charge in [0.15, 0.2) is 14.9 Å². The molecule has 1 unspecified atom stereocenters. The first-order valence-corrected chi connectivity index (χ1v) is 14.3. The number of β-lactam (4-membered cyclic amide) rings is 1. The number of amides is 2. The summed E-state index contributed by atoms with van der Waals surface area (Å²) >= 11 is 5.30. The molecule has 4 rings (SSSR count). The van der Waals surface area contributed by atoms with Gasteiger partial charge in [0.2, 0.25) is 6.79 Å². The van der Waals surface area contributed by atoms with Crippen molar-refractivity contribution >= 4 is 81.2 Å². The van der Waals surface area contributed by atoms with Crippen molar-refractivity contribution < 1.29 is 33.9 Å². The van der Waals surface area contributed by atoms with Crippen molar-refractivity contribution in [1.29, 1.82) is 0 Å². The van der Waals surface area contributed by atoms with E-state index in [1.165, 1.54) is 51.6 Å². The molecule has 0 aliphatic carbocycles. The van der Waals surface area contributed by atoms with Crippen LogP contribution < -0.4 is 11.1 Å². The van der Waals surface area contributed by atoms with Crippen molar-refractivity contribution in [3.63, 3.8) is 0 Å². The zero-order valence-corrected chi connectivity index (χ0v) is 22.1. The number of nitrogen functional groups attached to an aromatic ring is 1. The predicted molar refractivity (Wildman–Crippen MR) is 137 cm³/mol. The molecule has 12 nitrogen and oxygen atoms in total. The summed E-state index contributed by atoms with van der Waals surface area (Å²) in [6, 6.07) is -0.987. The SMILES string of the molecule is C=CC1=C(C(=O)OCOC(=O)C2(C)SCCS2)N2C(=O)C(NC(=O)C(=NO)c3csc(N)n3)[C@H]2SC1. The predicted octanol–water partition coefficient (Wildman–Crippen LogP) is 0.984. The Balaban J connectivity index is 1.40. The smallest absolute Gasteiger partial charge is 0.358 e. The summed E-state index contributed by atoms with van der Waals surface area (Å²) < 4.78 is 9.54. The summed E-state index contributed by atoms with van der Waals surface area (Å²) in [6.07, 6.45) is 1.45. The Labute approximate surface area is 222 Å². The van der Waals surface area contributed by atoms with Crippen LogP contribution in [0.15, 0.2) is 34.5 Å². The molecule has 2 atom stereocenters. The van der Waals surface area contributed by atoms with Gasteiger partial charge in [-0.1, -0.05) is 17.8 Å². The molecular weight excluding hydrogens is 551 g/mol. The number of carbonyl (C=O) groups excluding carboxylic acids is 4. The lowest BCUT2D eigenvalue weighted by Gasteiger charge is -2.49. The molecule has 4 N–H and O–H groups in total. The molecule has 0 radical (unpaired) electrons. The molecule has 2 amide bonds. The number of esters is 2. The minimum Gasteiger partial charge on any atom is -0.426 e. The van der Waals surface area contributed by atoms with Crippen molar-refractivity contribution in [3.05, 3.63) is 35.0 Å². The highest BCUT2D eigenvalue weighted by molar-refractivity contribution is 8.22. The quantitative estimate of drug-likeness (QED) is 0.101. The van der Waals surface area contributed by atoms with E-state index >= 15 is 0 Å². The van der Waals surface area contributed by atoms with Crippen molar-refractivity contribution in [2.24, 2.45) is 5.16 Å². The highest BCUT2D eigenvalue weighted by Crippen LogP contribution is 2.44. The first-order chi connectivity index (χ1) is 17.2. The second kappa shape index (κ2) is 10.7. The van der Waals surface area contributed by atoms with Crippen molar-refractivity contribution in [3.8, 4) is 0 Å². The molecule has 16 heteroatoms. The number of ether oxygens (including phenoxy) is 2. The number of allylic oxidation sites excluding steroid dienone is 1. The first kappa shape index (κ1) is 26.4. The van der Waals surface area contributed by atoms with Gasteiger partial charge in [0, 0.05) is 22.6 Å². The molecule has 1 aromatic heterocycles. The fourth-order valence-electron chi connectivity index (χ4n) is 3.58. The number of nitrogens with one attached hydrogen (secondary N) is 1. The lowest BCUT2D eigenvalue weighted by atomic mass is 10.0. The highest BCUT2D eigenvalue weighted by Gasteiger charge is 2.54. The second-order valence-corrected chi connectivity index (χ2v) is 12.9. The van der Waals surface area contributed by atoms with Gasteiger partial charge in [-0.15, -0.1) is 46.6 Å². The van der Waals surface area contributed by atoms with Crippen LogP contribution in [-0.2, 0) is 28.7 Å². The van der Waals surface area contributed by atoms with Crippen LogP contribution in [0.5, 0.6) is 0 Å². The number of anilines is 1. The van der Waals surface area contributed by atoms with Gasteiger partial charge in [0.05, 0.1) is 0 Å². The van der Waals surface area contributed by atoms with Crippen molar-refractivity contribution in [2.45, 2.75) is 22.4 Å². The van der Waals surface area contributed by atoms with E-state index < -0.39 is 51.8 Å². The number of oxime groups is 1. The number of thiazole rings is 1. The zero-order chi connectivity index (χ0) is 26.0. The lowest BCUT2D eigenvalue weighted by molar-refractivity contribution is -0.168. The van der Waals surface area contributed by atoms with E-state index in [1.807, 2.05) is 0 Å². The average molecular weight is 572 g/mol. The number of carbonyl (C=O) groups is 4. The van der Waals surface area contributed by atoms with E-state index in [4.69, 9.17) is 15.2 Å². The Morgan fingerprint density at radius 2 is 2.11 bits per heavy atom. The number of hydrogen-bond acceptors (Lipinski definition) is 14. The molecule has 2 fully saturated rings. The number of rotatable bonds is 8. The van der Waals surface area contributed by atoms with Crippen LogP contribution in [0, 0.1) is 0 Å². The van der Waals surface area contributed by atoms with E-state index in [0.717, 1.165) is 22.8 Å². The maximum Gasteiger partial charge on any atom is 0.358 e. The molecular formula is C20H21N5O7S4. The molecule has 3 aliphatic heterocycles. The van der Waals surface area contributed by atoms with E-state index in [-0.39, 0.29) is 16.5 Å². The minimum atomic E-state index is -0.987. The molecule has 0 spiro atoms. The van der Waals surface area contributed by atoms with Crippen LogP contribution in [0.4, 0.5) is 5.13 Å². The number of nitrogens with zero attached hydrogens (tertiary/aromatic N) is 3. The number of nitrogens with two attached hydrogens (primary N) is 1. The number of fused-ring (bicyclic) bond motifs is 1. The lowest BCUT2D eigenvalue weighted by Crippen LogP contribution is -2.71. The molecule has 0 saturated carbocycles. The van der Waals surface area contributed by atoms with Gasteiger partial charge in [-0.25, -0.2) is 14.6 Å². The van der Waals surface area contributed by atoms with Crippen molar-refractivity contribution in [1.82, 2.24) is 15.2 Å². The van der Waals surface area contributed by atoms with Crippen LogP contribution in [0.2, 0.25) is 0 Å². The first-order valence-electron chi connectivity index (χ1n) is 10.4. The summed E-state index contributed by atoms with van der Waals surface area (Å²) in [4.78, 5) is 55.9. The third kappa shape index (κ3) is 4.94. The molecule has 3 aliphatic rings. The molecule has 2 saturated heterocycles. The largest absolute Gasteiger partial charge is 0.426 e. The summed E-state index contributed by atoms with van der Waals surface area (Å²) in [5.41, 5.74) is 5.67. The van der Waals surface area contributed by atoms with E-state index in [1.54, 1.807) is 6.92 Å². The van der Waals surface area contributed by atoms with E-state index in [9.17, 15) is 24.4 Å². The van der Waals surface area contributed by atoms with Gasteiger partial charge in [0.1, 0.15) is 22.8 Å². The molecule has 4 heterocycles. The van der Waals surface area contributed by atoms with Gasteiger partial charge < -0.3 is 25.7 Å². The Morgan fingerprint density at radius 3 is 2.72 bits per heavy atom. The summed E-state index contributed by atoms with van der Waals surface area (Å²) in [6.45, 7) is 4.85. The topological polar surface area (TPSA) is 174 Å². The monoisotopic (exact) mass is 571 g/mol. The summed E-state index contributed by atoms with van der Waals surface area (Å²) in [5, 5.41) is 15.8. The van der Waals surface area contributed by atoms with Gasteiger partial charge >= 0.3 is 11.9 Å². The number of hydrogen-bond donors (Lipinski definition) is 3. The number of aromatic nitrogens is 1.